The van der Waals surface area contributed by atoms with E-state index in [2.05, 4.69) is 11.0 Å². The average Bonchev–Trinajstić information content (AvgIpc) is 3.04. The Bertz CT molecular complexity index is 1010. The third kappa shape index (κ3) is 3.73. The number of benzene rings is 2. The van der Waals surface area contributed by atoms with Crippen LogP contribution in [0.4, 0.5) is 0 Å². The predicted octanol–water partition coefficient (Wildman–Crippen LogP) is 4.36. The van der Waals surface area contributed by atoms with Gasteiger partial charge in [-0.3, -0.25) is 9.69 Å². The first kappa shape index (κ1) is 18.8. The molecular weight excluding hydrogens is 376 g/mol. The number of hydrogen-bond donors (Lipinski definition) is 0. The first-order valence-corrected chi connectivity index (χ1v) is 9.76. The van der Waals surface area contributed by atoms with Crippen molar-refractivity contribution in [2.75, 3.05) is 33.3 Å². The highest BCUT2D eigenvalue weighted by Crippen LogP contribution is 2.29. The molecule has 0 aliphatic carbocycles. The van der Waals surface area contributed by atoms with Crippen LogP contribution in [0.15, 0.2) is 46.9 Å². The number of carbonyl (C=O) groups excluding carboxylic acids is 1. The fraction of sp³-hybridized carbons (Fsp3) is 0.318. The first-order valence-electron chi connectivity index (χ1n) is 9.38. The maximum atomic E-state index is 13.0. The molecule has 0 N–H and O–H groups in total. The van der Waals surface area contributed by atoms with Gasteiger partial charge < -0.3 is 14.1 Å². The normalized spacial score (nSPS) is 15.2. The third-order valence-corrected chi connectivity index (χ3v) is 5.53. The van der Waals surface area contributed by atoms with Crippen LogP contribution in [0.2, 0.25) is 5.02 Å². The van der Waals surface area contributed by atoms with Crippen molar-refractivity contribution in [3.8, 4) is 5.75 Å². The number of amides is 1. The molecule has 0 atom stereocenters. The first-order chi connectivity index (χ1) is 13.5. The largest absolute Gasteiger partial charge is 0.497 e. The topological polar surface area (TPSA) is 45.9 Å². The number of carbonyl (C=O) groups is 1. The van der Waals surface area contributed by atoms with E-state index in [-0.39, 0.29) is 5.91 Å². The number of methoxy groups -OCH3 is 1. The summed E-state index contributed by atoms with van der Waals surface area (Å²) in [5.41, 5.74) is 2.76. The molecule has 0 spiro atoms. The van der Waals surface area contributed by atoms with Crippen molar-refractivity contribution in [1.82, 2.24) is 9.80 Å². The quantitative estimate of drug-likeness (QED) is 0.655. The average molecular weight is 399 g/mol. The minimum absolute atomic E-state index is 0.0462. The maximum Gasteiger partial charge on any atom is 0.289 e. The van der Waals surface area contributed by atoms with Gasteiger partial charge in [0.1, 0.15) is 11.3 Å². The smallest absolute Gasteiger partial charge is 0.289 e. The van der Waals surface area contributed by atoms with Crippen LogP contribution in [0.25, 0.3) is 11.0 Å². The summed E-state index contributed by atoms with van der Waals surface area (Å²) in [4.78, 5) is 17.2. The SMILES string of the molecule is COc1ccc2oc(C(=O)N3CCN(Cc4cccc(Cl)c4)CC3)c(C)c2c1. The molecule has 2 aromatic carbocycles. The summed E-state index contributed by atoms with van der Waals surface area (Å²) in [7, 11) is 1.63. The Kier molecular flexibility index (Phi) is 5.29. The lowest BCUT2D eigenvalue weighted by atomic mass is 10.1. The van der Waals surface area contributed by atoms with Crippen molar-refractivity contribution in [2.45, 2.75) is 13.5 Å². The van der Waals surface area contributed by atoms with Crippen molar-refractivity contribution in [1.29, 1.82) is 0 Å². The molecule has 5 nitrogen and oxygen atoms in total. The summed E-state index contributed by atoms with van der Waals surface area (Å²) in [5, 5.41) is 1.67. The number of piperazine rings is 1. The Labute approximate surface area is 169 Å². The summed E-state index contributed by atoms with van der Waals surface area (Å²) in [6.45, 7) is 5.77. The highest BCUT2D eigenvalue weighted by atomic mass is 35.5. The minimum Gasteiger partial charge on any atom is -0.497 e. The van der Waals surface area contributed by atoms with E-state index in [1.807, 2.05) is 48.2 Å². The molecule has 1 fully saturated rings. The fourth-order valence-electron chi connectivity index (χ4n) is 3.68. The zero-order chi connectivity index (χ0) is 19.7. The van der Waals surface area contributed by atoms with Gasteiger partial charge in [0, 0.05) is 48.7 Å². The second-order valence-electron chi connectivity index (χ2n) is 7.12. The van der Waals surface area contributed by atoms with Crippen LogP contribution in [0.1, 0.15) is 21.7 Å². The molecule has 0 bridgehead atoms. The van der Waals surface area contributed by atoms with E-state index in [0.29, 0.717) is 24.4 Å². The summed E-state index contributed by atoms with van der Waals surface area (Å²) in [5.74, 6) is 1.13. The van der Waals surface area contributed by atoms with Crippen LogP contribution in [-0.4, -0.2) is 49.0 Å². The number of furan rings is 1. The fourth-order valence-corrected chi connectivity index (χ4v) is 3.89. The van der Waals surface area contributed by atoms with Crippen LogP contribution >= 0.6 is 11.6 Å². The van der Waals surface area contributed by atoms with Crippen LogP contribution in [0.3, 0.4) is 0 Å². The van der Waals surface area contributed by atoms with E-state index >= 15 is 0 Å². The molecule has 28 heavy (non-hydrogen) atoms. The molecule has 1 aliphatic heterocycles. The molecule has 2 heterocycles. The number of halogens is 1. The molecule has 1 amide bonds. The lowest BCUT2D eigenvalue weighted by Gasteiger charge is -2.34. The molecule has 6 heteroatoms. The molecule has 0 unspecified atom stereocenters. The van der Waals surface area contributed by atoms with Gasteiger partial charge in [-0.1, -0.05) is 23.7 Å². The summed E-state index contributed by atoms with van der Waals surface area (Å²) in [6, 6.07) is 13.5. The predicted molar refractivity (Wildman–Crippen MR) is 110 cm³/mol. The maximum absolute atomic E-state index is 13.0. The number of aryl methyl sites for hydroxylation is 1. The van der Waals surface area contributed by atoms with E-state index in [1.54, 1.807) is 7.11 Å². The molecule has 1 saturated heterocycles. The lowest BCUT2D eigenvalue weighted by Crippen LogP contribution is -2.48. The Morgan fingerprint density at radius 2 is 1.93 bits per heavy atom. The van der Waals surface area contributed by atoms with Gasteiger partial charge in [0.05, 0.1) is 7.11 Å². The number of ether oxygens (including phenoxy) is 1. The van der Waals surface area contributed by atoms with Crippen LogP contribution in [0, 0.1) is 6.92 Å². The molecule has 146 valence electrons. The Morgan fingerprint density at radius 3 is 2.64 bits per heavy atom. The van der Waals surface area contributed by atoms with Crippen LogP contribution < -0.4 is 4.74 Å². The molecule has 4 rings (SSSR count). The Hall–Kier alpha value is -2.50. The molecule has 1 aromatic heterocycles. The lowest BCUT2D eigenvalue weighted by molar-refractivity contribution is 0.0599. The number of nitrogens with zero attached hydrogens (tertiary/aromatic N) is 2. The zero-order valence-corrected chi connectivity index (χ0v) is 16.8. The van der Waals surface area contributed by atoms with Gasteiger partial charge in [0.2, 0.25) is 0 Å². The van der Waals surface area contributed by atoms with Crippen molar-refractivity contribution < 1.29 is 13.9 Å². The van der Waals surface area contributed by atoms with E-state index in [0.717, 1.165) is 41.4 Å². The van der Waals surface area contributed by atoms with Crippen molar-refractivity contribution in [2.24, 2.45) is 0 Å². The van der Waals surface area contributed by atoms with Crippen molar-refractivity contribution in [3.05, 3.63) is 64.4 Å². The minimum atomic E-state index is -0.0462. The number of fused-ring (bicyclic) bond motifs is 1. The highest BCUT2D eigenvalue weighted by Gasteiger charge is 2.26. The molecular formula is C22H23ClN2O3. The Balaban J connectivity index is 1.44. The molecule has 0 radical (unpaired) electrons. The van der Waals surface area contributed by atoms with Gasteiger partial charge in [0.25, 0.3) is 5.91 Å². The van der Waals surface area contributed by atoms with Crippen LogP contribution in [-0.2, 0) is 6.54 Å². The summed E-state index contributed by atoms with van der Waals surface area (Å²) in [6.07, 6.45) is 0. The van der Waals surface area contributed by atoms with E-state index in [4.69, 9.17) is 20.8 Å². The second kappa shape index (κ2) is 7.86. The molecule has 1 aliphatic rings. The highest BCUT2D eigenvalue weighted by molar-refractivity contribution is 6.30. The van der Waals surface area contributed by atoms with Gasteiger partial charge in [-0.2, -0.15) is 0 Å². The van der Waals surface area contributed by atoms with Gasteiger partial charge in [0.15, 0.2) is 5.76 Å². The van der Waals surface area contributed by atoms with Gasteiger partial charge in [-0.05, 0) is 42.8 Å². The van der Waals surface area contributed by atoms with E-state index in [9.17, 15) is 4.79 Å². The van der Waals surface area contributed by atoms with Gasteiger partial charge in [-0.25, -0.2) is 0 Å². The van der Waals surface area contributed by atoms with E-state index in [1.165, 1.54) is 5.56 Å². The second-order valence-corrected chi connectivity index (χ2v) is 7.55. The standard InChI is InChI=1S/C22H23ClN2O3/c1-15-19-13-18(27-2)6-7-20(19)28-21(15)22(26)25-10-8-24(9-11-25)14-16-4-3-5-17(23)12-16/h3-7,12-13H,8-11,14H2,1-2H3. The number of hydrogen-bond acceptors (Lipinski definition) is 4. The Morgan fingerprint density at radius 1 is 1.14 bits per heavy atom. The number of rotatable bonds is 4. The monoisotopic (exact) mass is 398 g/mol. The van der Waals surface area contributed by atoms with Crippen LogP contribution in [0.5, 0.6) is 5.75 Å². The summed E-state index contributed by atoms with van der Waals surface area (Å²) < 4.78 is 11.2. The zero-order valence-electron chi connectivity index (χ0n) is 16.1. The van der Waals surface area contributed by atoms with E-state index < -0.39 is 0 Å². The van der Waals surface area contributed by atoms with Crippen molar-refractivity contribution in [3.63, 3.8) is 0 Å². The van der Waals surface area contributed by atoms with Crippen molar-refractivity contribution >= 4 is 28.5 Å². The summed E-state index contributed by atoms with van der Waals surface area (Å²) >= 11 is 6.07. The molecule has 0 saturated carbocycles. The third-order valence-electron chi connectivity index (χ3n) is 5.29. The van der Waals surface area contributed by atoms with Gasteiger partial charge >= 0.3 is 0 Å². The van der Waals surface area contributed by atoms with Gasteiger partial charge in [-0.15, -0.1) is 0 Å². The molecule has 3 aromatic rings.